The first-order valence-electron chi connectivity index (χ1n) is 3.68. The fourth-order valence-corrected chi connectivity index (χ4v) is 1.55. The van der Waals surface area contributed by atoms with Gasteiger partial charge in [0.1, 0.15) is 0 Å². The van der Waals surface area contributed by atoms with E-state index in [1.807, 2.05) is 12.3 Å². The van der Waals surface area contributed by atoms with Gasteiger partial charge in [0.2, 0.25) is 0 Å². The molecule has 1 aromatic rings. The van der Waals surface area contributed by atoms with E-state index in [9.17, 15) is 4.79 Å². The van der Waals surface area contributed by atoms with Crippen LogP contribution in [0.25, 0.3) is 0 Å². The van der Waals surface area contributed by atoms with E-state index in [2.05, 4.69) is 4.98 Å². The molecule has 0 unspecified atom stereocenters. The van der Waals surface area contributed by atoms with Crippen molar-refractivity contribution in [2.24, 2.45) is 0 Å². The van der Waals surface area contributed by atoms with Gasteiger partial charge >= 0.3 is 0 Å². The number of rotatable bonds is 4. The van der Waals surface area contributed by atoms with Crippen LogP contribution in [0.3, 0.4) is 0 Å². The number of ether oxygens (including phenoxy) is 1. The zero-order valence-electron chi connectivity index (χ0n) is 7.16. The van der Waals surface area contributed by atoms with Crippen LogP contribution in [0, 0.1) is 6.92 Å². The number of aryl methyl sites for hydroxylation is 1. The van der Waals surface area contributed by atoms with Crippen LogP contribution in [0.15, 0.2) is 5.38 Å². The lowest BCUT2D eigenvalue weighted by Gasteiger charge is -1.94. The Kier molecular flexibility index (Phi) is 3.37. The van der Waals surface area contributed by atoms with E-state index in [4.69, 9.17) is 4.74 Å². The van der Waals surface area contributed by atoms with Gasteiger partial charge in [0.15, 0.2) is 10.8 Å². The Labute approximate surface area is 75.4 Å². The maximum absolute atomic E-state index is 11.3. The van der Waals surface area contributed by atoms with E-state index >= 15 is 0 Å². The van der Waals surface area contributed by atoms with Gasteiger partial charge in [-0.25, -0.2) is 4.98 Å². The first-order valence-corrected chi connectivity index (χ1v) is 4.56. The van der Waals surface area contributed by atoms with Crippen LogP contribution in [-0.4, -0.2) is 24.5 Å². The van der Waals surface area contributed by atoms with Gasteiger partial charge in [-0.2, -0.15) is 0 Å². The van der Waals surface area contributed by atoms with Gasteiger partial charge in [-0.15, -0.1) is 11.3 Å². The Morgan fingerprint density at radius 1 is 1.75 bits per heavy atom. The van der Waals surface area contributed by atoms with Gasteiger partial charge in [-0.1, -0.05) is 0 Å². The Morgan fingerprint density at radius 2 is 2.50 bits per heavy atom. The van der Waals surface area contributed by atoms with Crippen LogP contribution in [0.1, 0.15) is 21.9 Å². The van der Waals surface area contributed by atoms with Crippen molar-refractivity contribution in [3.8, 4) is 0 Å². The summed E-state index contributed by atoms with van der Waals surface area (Å²) < 4.78 is 4.80. The predicted octanol–water partition coefficient (Wildman–Crippen LogP) is 1.67. The van der Waals surface area contributed by atoms with Crippen molar-refractivity contribution in [2.75, 3.05) is 13.7 Å². The van der Waals surface area contributed by atoms with Gasteiger partial charge in [-0.3, -0.25) is 4.79 Å². The van der Waals surface area contributed by atoms with Crippen molar-refractivity contribution >= 4 is 17.1 Å². The third-order valence-corrected chi connectivity index (χ3v) is 2.39. The number of ketones is 1. The topological polar surface area (TPSA) is 39.2 Å². The van der Waals surface area contributed by atoms with Gasteiger partial charge < -0.3 is 4.74 Å². The zero-order valence-corrected chi connectivity index (χ0v) is 7.98. The number of hydrogen-bond acceptors (Lipinski definition) is 4. The molecule has 0 saturated heterocycles. The molecule has 1 aromatic heterocycles. The second kappa shape index (κ2) is 4.33. The summed E-state index contributed by atoms with van der Waals surface area (Å²) in [7, 11) is 1.58. The lowest BCUT2D eigenvalue weighted by atomic mass is 10.3. The quantitative estimate of drug-likeness (QED) is 0.670. The van der Waals surface area contributed by atoms with Crippen molar-refractivity contribution in [1.29, 1.82) is 0 Å². The van der Waals surface area contributed by atoms with E-state index in [-0.39, 0.29) is 5.78 Å². The highest BCUT2D eigenvalue weighted by Gasteiger charge is 2.08. The molecule has 4 heteroatoms. The average Bonchev–Trinajstić information content (AvgIpc) is 2.47. The molecule has 0 fully saturated rings. The first-order chi connectivity index (χ1) is 5.74. The van der Waals surface area contributed by atoms with Gasteiger partial charge in [0, 0.05) is 24.6 Å². The number of aromatic nitrogens is 1. The summed E-state index contributed by atoms with van der Waals surface area (Å²) in [5, 5.41) is 2.46. The molecule has 1 heterocycles. The van der Waals surface area contributed by atoms with Crippen LogP contribution >= 0.6 is 11.3 Å². The highest BCUT2D eigenvalue weighted by Crippen LogP contribution is 2.10. The molecular formula is C8H11NO2S. The molecule has 0 atom stereocenters. The summed E-state index contributed by atoms with van der Waals surface area (Å²) in [4.78, 5) is 15.4. The molecule has 0 bridgehead atoms. The standard InChI is InChI=1S/C8H11NO2S/c1-6-5-12-8(9-6)7(10)3-4-11-2/h5H,3-4H2,1-2H3. The molecule has 12 heavy (non-hydrogen) atoms. The third kappa shape index (κ3) is 2.39. The molecular weight excluding hydrogens is 174 g/mol. The Hall–Kier alpha value is -0.740. The minimum absolute atomic E-state index is 0.0648. The third-order valence-electron chi connectivity index (χ3n) is 1.39. The molecule has 0 aliphatic heterocycles. The summed E-state index contributed by atoms with van der Waals surface area (Å²) in [6.07, 6.45) is 0.420. The van der Waals surface area contributed by atoms with Gasteiger partial charge in [0.05, 0.1) is 6.61 Å². The maximum atomic E-state index is 11.3. The van der Waals surface area contributed by atoms with E-state index in [0.29, 0.717) is 18.0 Å². The average molecular weight is 185 g/mol. The van der Waals surface area contributed by atoms with Crippen molar-refractivity contribution in [3.05, 3.63) is 16.1 Å². The summed E-state index contributed by atoms with van der Waals surface area (Å²) in [5.74, 6) is 0.0648. The molecule has 0 aliphatic rings. The summed E-state index contributed by atoms with van der Waals surface area (Å²) >= 11 is 1.39. The predicted molar refractivity (Wildman–Crippen MR) is 47.7 cm³/mol. The normalized spacial score (nSPS) is 10.2. The SMILES string of the molecule is COCCC(=O)c1nc(C)cs1. The highest BCUT2D eigenvalue weighted by atomic mass is 32.1. The maximum Gasteiger partial charge on any atom is 0.193 e. The monoisotopic (exact) mass is 185 g/mol. The fraction of sp³-hybridized carbons (Fsp3) is 0.500. The molecule has 0 aromatic carbocycles. The van der Waals surface area contributed by atoms with Gasteiger partial charge in [0.25, 0.3) is 0 Å². The largest absolute Gasteiger partial charge is 0.384 e. The van der Waals surface area contributed by atoms with E-state index in [0.717, 1.165) is 5.69 Å². The van der Waals surface area contributed by atoms with Crippen LogP contribution in [0.2, 0.25) is 0 Å². The molecule has 66 valence electrons. The molecule has 0 spiro atoms. The number of carbonyl (C=O) groups is 1. The number of Topliss-reactive ketones (excluding diaryl/α,β-unsaturated/α-hetero) is 1. The van der Waals surface area contributed by atoms with E-state index in [1.165, 1.54) is 11.3 Å². The summed E-state index contributed by atoms with van der Waals surface area (Å²) in [6.45, 7) is 2.35. The molecule has 0 amide bonds. The van der Waals surface area contributed by atoms with Crippen molar-refractivity contribution in [3.63, 3.8) is 0 Å². The second-order valence-corrected chi connectivity index (χ2v) is 3.32. The van der Waals surface area contributed by atoms with Gasteiger partial charge in [-0.05, 0) is 6.92 Å². The Balaban J connectivity index is 2.53. The van der Waals surface area contributed by atoms with Crippen LogP contribution in [0.5, 0.6) is 0 Å². The number of hydrogen-bond donors (Lipinski definition) is 0. The van der Waals surface area contributed by atoms with Crippen LogP contribution < -0.4 is 0 Å². The number of methoxy groups -OCH3 is 1. The number of thiazole rings is 1. The Bertz CT molecular complexity index is 270. The number of carbonyl (C=O) groups excluding carboxylic acids is 1. The molecule has 0 saturated carbocycles. The fourth-order valence-electron chi connectivity index (χ4n) is 0.784. The van der Waals surface area contributed by atoms with Crippen molar-refractivity contribution in [2.45, 2.75) is 13.3 Å². The smallest absolute Gasteiger partial charge is 0.193 e. The molecule has 0 radical (unpaired) electrons. The first kappa shape index (κ1) is 9.35. The lowest BCUT2D eigenvalue weighted by molar-refractivity contribution is 0.0931. The lowest BCUT2D eigenvalue weighted by Crippen LogP contribution is -2.02. The van der Waals surface area contributed by atoms with Crippen LogP contribution in [-0.2, 0) is 4.74 Å². The zero-order chi connectivity index (χ0) is 8.97. The molecule has 1 rings (SSSR count). The van der Waals surface area contributed by atoms with Crippen molar-refractivity contribution in [1.82, 2.24) is 4.98 Å². The van der Waals surface area contributed by atoms with E-state index in [1.54, 1.807) is 7.11 Å². The molecule has 3 nitrogen and oxygen atoms in total. The minimum Gasteiger partial charge on any atom is -0.384 e. The van der Waals surface area contributed by atoms with Crippen LogP contribution in [0.4, 0.5) is 0 Å². The highest BCUT2D eigenvalue weighted by molar-refractivity contribution is 7.11. The number of nitrogens with zero attached hydrogens (tertiary/aromatic N) is 1. The summed E-state index contributed by atoms with van der Waals surface area (Å²) in [6, 6.07) is 0. The molecule has 0 aliphatic carbocycles. The van der Waals surface area contributed by atoms with Crippen molar-refractivity contribution < 1.29 is 9.53 Å². The van der Waals surface area contributed by atoms with E-state index < -0.39 is 0 Å². The summed E-state index contributed by atoms with van der Waals surface area (Å²) in [5.41, 5.74) is 0.903. The Morgan fingerprint density at radius 3 is 3.00 bits per heavy atom. The molecule has 0 N–H and O–H groups in total. The second-order valence-electron chi connectivity index (χ2n) is 2.46. The minimum atomic E-state index is 0.0648.